The number of nitrogens with one attached hydrogen (secondary N) is 1. The summed E-state index contributed by atoms with van der Waals surface area (Å²) < 4.78 is 40.4. The summed E-state index contributed by atoms with van der Waals surface area (Å²) in [5, 5.41) is 18.9. The van der Waals surface area contributed by atoms with Crippen LogP contribution in [0.2, 0.25) is 0 Å². The minimum atomic E-state index is -3.92. The maximum atomic E-state index is 13.3. The first-order valence-corrected chi connectivity index (χ1v) is 8.77. The topological polar surface area (TPSA) is 90.2 Å². The summed E-state index contributed by atoms with van der Waals surface area (Å²) in [6.45, 7) is 1.62. The molecular formula is C17H17FN2O3S. The number of aliphatic hydroxyl groups is 1. The van der Waals surface area contributed by atoms with E-state index >= 15 is 0 Å². The van der Waals surface area contributed by atoms with E-state index in [4.69, 9.17) is 5.26 Å². The van der Waals surface area contributed by atoms with Crippen molar-refractivity contribution in [3.05, 3.63) is 65.5 Å². The zero-order valence-electron chi connectivity index (χ0n) is 13.0. The highest BCUT2D eigenvalue weighted by Gasteiger charge is 2.21. The van der Waals surface area contributed by atoms with Crippen LogP contribution in [0.15, 0.2) is 53.4 Å². The van der Waals surface area contributed by atoms with E-state index in [9.17, 15) is 17.9 Å². The van der Waals surface area contributed by atoms with Crippen molar-refractivity contribution in [3.63, 3.8) is 0 Å². The molecule has 0 aliphatic carbocycles. The third-order valence-electron chi connectivity index (χ3n) is 3.49. The van der Waals surface area contributed by atoms with Crippen LogP contribution in [0.4, 0.5) is 4.39 Å². The van der Waals surface area contributed by atoms with Crippen LogP contribution in [-0.2, 0) is 10.0 Å². The molecule has 24 heavy (non-hydrogen) atoms. The van der Waals surface area contributed by atoms with Crippen LogP contribution in [0, 0.1) is 17.1 Å². The van der Waals surface area contributed by atoms with Crippen molar-refractivity contribution < 1.29 is 17.9 Å². The van der Waals surface area contributed by atoms with Gasteiger partial charge in [-0.2, -0.15) is 5.26 Å². The van der Waals surface area contributed by atoms with E-state index in [0.717, 1.165) is 18.2 Å². The van der Waals surface area contributed by atoms with Gasteiger partial charge in [-0.1, -0.05) is 30.3 Å². The molecule has 2 rings (SSSR count). The Labute approximate surface area is 140 Å². The number of hydrogen-bond donors (Lipinski definition) is 2. The lowest BCUT2D eigenvalue weighted by Crippen LogP contribution is -2.33. The summed E-state index contributed by atoms with van der Waals surface area (Å²) in [4.78, 5) is -0.193. The van der Waals surface area contributed by atoms with Crippen LogP contribution in [0.5, 0.6) is 0 Å². The molecule has 2 unspecified atom stereocenters. The number of halogens is 1. The van der Waals surface area contributed by atoms with Crippen LogP contribution >= 0.6 is 0 Å². The first-order valence-electron chi connectivity index (χ1n) is 7.28. The fourth-order valence-electron chi connectivity index (χ4n) is 2.28. The highest BCUT2D eigenvalue weighted by Crippen LogP contribution is 2.20. The summed E-state index contributed by atoms with van der Waals surface area (Å²) in [5.41, 5.74) is 0.354. The Kier molecular flexibility index (Phi) is 5.67. The first-order chi connectivity index (χ1) is 11.3. The smallest absolute Gasteiger partial charge is 0.240 e. The summed E-state index contributed by atoms with van der Waals surface area (Å²) >= 11 is 0. The van der Waals surface area contributed by atoms with Crippen LogP contribution in [0.3, 0.4) is 0 Å². The van der Waals surface area contributed by atoms with Gasteiger partial charge in [0.1, 0.15) is 11.9 Å². The lowest BCUT2D eigenvalue weighted by Gasteiger charge is -2.18. The molecule has 2 atom stereocenters. The van der Waals surface area contributed by atoms with Gasteiger partial charge in [0.25, 0.3) is 0 Å². The number of rotatable bonds is 6. The largest absolute Gasteiger partial charge is 0.388 e. The normalized spacial score (nSPS) is 13.9. The zero-order chi connectivity index (χ0) is 17.7. The summed E-state index contributed by atoms with van der Waals surface area (Å²) in [6.07, 6.45) is -0.637. The van der Waals surface area contributed by atoms with Gasteiger partial charge in [0.2, 0.25) is 10.0 Å². The van der Waals surface area contributed by atoms with Gasteiger partial charge in [0.05, 0.1) is 16.6 Å². The molecule has 0 fully saturated rings. The molecule has 0 spiro atoms. The van der Waals surface area contributed by atoms with Crippen LogP contribution in [0.1, 0.15) is 30.6 Å². The van der Waals surface area contributed by atoms with Crippen molar-refractivity contribution in [3.8, 4) is 6.07 Å². The summed E-state index contributed by atoms with van der Waals surface area (Å²) in [5.74, 6) is -0.774. The molecule has 2 aromatic carbocycles. The van der Waals surface area contributed by atoms with Crippen molar-refractivity contribution >= 4 is 10.0 Å². The Hall–Kier alpha value is -2.27. The van der Waals surface area contributed by atoms with Crippen LogP contribution in [-0.4, -0.2) is 19.6 Å². The molecule has 7 heteroatoms. The lowest BCUT2D eigenvalue weighted by molar-refractivity contribution is 0.158. The molecule has 0 heterocycles. The van der Waals surface area contributed by atoms with E-state index in [1.807, 2.05) is 6.07 Å². The third-order valence-corrected chi connectivity index (χ3v) is 5.07. The molecule has 126 valence electrons. The van der Waals surface area contributed by atoms with Gasteiger partial charge in [0.15, 0.2) is 0 Å². The van der Waals surface area contributed by atoms with Gasteiger partial charge in [-0.05, 0) is 37.1 Å². The van der Waals surface area contributed by atoms with Crippen molar-refractivity contribution in [1.82, 2.24) is 4.72 Å². The minimum absolute atomic E-state index is 0.176. The lowest BCUT2D eigenvalue weighted by atomic mass is 10.0. The third kappa shape index (κ3) is 4.38. The SMILES string of the molecule is CC(CC(O)c1ccccc1)NS(=O)(=O)c1ccc(F)c(C#N)c1. The van der Waals surface area contributed by atoms with Crippen LogP contribution < -0.4 is 4.72 Å². The maximum absolute atomic E-state index is 13.3. The predicted molar refractivity (Wildman–Crippen MR) is 86.9 cm³/mol. The first kappa shape index (κ1) is 18.1. The second-order valence-corrected chi connectivity index (χ2v) is 7.15. The number of hydrogen-bond acceptors (Lipinski definition) is 4. The Bertz CT molecular complexity index is 848. The monoisotopic (exact) mass is 348 g/mol. The minimum Gasteiger partial charge on any atom is -0.388 e. The molecule has 0 bridgehead atoms. The summed E-state index contributed by atoms with van der Waals surface area (Å²) in [7, 11) is -3.92. The van der Waals surface area contributed by atoms with E-state index in [-0.39, 0.29) is 16.9 Å². The number of nitriles is 1. The molecule has 0 radical (unpaired) electrons. The standard InChI is InChI=1S/C17H17FN2O3S/c1-12(9-17(21)13-5-3-2-4-6-13)20-24(22,23)15-7-8-16(18)14(10-15)11-19/h2-8,10,12,17,20-21H,9H2,1H3. The van der Waals surface area contributed by atoms with Gasteiger partial charge in [0, 0.05) is 6.04 Å². The van der Waals surface area contributed by atoms with Gasteiger partial charge in [-0.15, -0.1) is 0 Å². The number of benzene rings is 2. The zero-order valence-corrected chi connectivity index (χ0v) is 13.8. The van der Waals surface area contributed by atoms with E-state index in [0.29, 0.717) is 5.56 Å². The average Bonchev–Trinajstić information content (AvgIpc) is 2.55. The van der Waals surface area contributed by atoms with E-state index < -0.39 is 28.0 Å². The van der Waals surface area contributed by atoms with Crippen molar-refractivity contribution in [2.24, 2.45) is 0 Å². The number of aliphatic hydroxyl groups excluding tert-OH is 1. The fraction of sp³-hybridized carbons (Fsp3) is 0.235. The molecule has 0 saturated carbocycles. The van der Waals surface area contributed by atoms with Gasteiger partial charge in [-0.3, -0.25) is 0 Å². The van der Waals surface area contributed by atoms with Gasteiger partial charge in [-0.25, -0.2) is 17.5 Å². The fourth-order valence-corrected chi connectivity index (χ4v) is 3.57. The molecule has 0 aliphatic heterocycles. The second-order valence-electron chi connectivity index (χ2n) is 5.44. The van der Waals surface area contributed by atoms with Crippen molar-refractivity contribution in [2.75, 3.05) is 0 Å². The van der Waals surface area contributed by atoms with Gasteiger partial charge < -0.3 is 5.11 Å². The highest BCUT2D eigenvalue weighted by molar-refractivity contribution is 7.89. The van der Waals surface area contributed by atoms with Crippen molar-refractivity contribution in [1.29, 1.82) is 5.26 Å². The molecule has 0 aliphatic rings. The quantitative estimate of drug-likeness (QED) is 0.839. The van der Waals surface area contributed by atoms with Crippen molar-refractivity contribution in [2.45, 2.75) is 30.4 Å². The van der Waals surface area contributed by atoms with Crippen LogP contribution in [0.25, 0.3) is 0 Å². The van der Waals surface area contributed by atoms with E-state index in [1.54, 1.807) is 37.3 Å². The molecule has 2 aromatic rings. The summed E-state index contributed by atoms with van der Waals surface area (Å²) in [6, 6.07) is 13.0. The number of sulfonamides is 1. The second kappa shape index (κ2) is 7.53. The Morgan fingerprint density at radius 2 is 1.92 bits per heavy atom. The molecule has 0 aromatic heterocycles. The van der Waals surface area contributed by atoms with E-state index in [1.165, 1.54) is 0 Å². The average molecular weight is 348 g/mol. The van der Waals surface area contributed by atoms with E-state index in [2.05, 4.69) is 4.72 Å². The Morgan fingerprint density at radius 1 is 1.25 bits per heavy atom. The van der Waals surface area contributed by atoms with Gasteiger partial charge >= 0.3 is 0 Å². The number of nitrogens with zero attached hydrogens (tertiary/aromatic N) is 1. The predicted octanol–water partition coefficient (Wildman–Crippen LogP) is 2.49. The Morgan fingerprint density at radius 3 is 2.54 bits per heavy atom. The molecular weight excluding hydrogens is 331 g/mol. The Balaban J connectivity index is 2.10. The highest BCUT2D eigenvalue weighted by atomic mass is 32.2. The maximum Gasteiger partial charge on any atom is 0.240 e. The molecule has 2 N–H and O–H groups in total. The molecule has 5 nitrogen and oxygen atoms in total. The molecule has 0 amide bonds. The molecule has 0 saturated heterocycles.